The number of hydrogen-bond donors (Lipinski definition) is 2. The number of pyridine rings is 1. The number of nitrogens with one attached hydrogen (secondary N) is 2. The summed E-state index contributed by atoms with van der Waals surface area (Å²) in [5, 5.41) is 6.66. The Hall–Kier alpha value is -1.83. The number of methoxy groups -OCH3 is 1. The highest BCUT2D eigenvalue weighted by molar-refractivity contribution is 14.0. The smallest absolute Gasteiger partial charge is 0.191 e. The third-order valence-corrected chi connectivity index (χ3v) is 3.97. The van der Waals surface area contributed by atoms with Crippen LogP contribution in [0.15, 0.2) is 41.5 Å². The van der Waals surface area contributed by atoms with Crippen LogP contribution < -0.4 is 15.4 Å². The number of benzene rings is 1. The number of aryl methyl sites for hydroxylation is 2. The maximum Gasteiger partial charge on any atom is 0.191 e. The van der Waals surface area contributed by atoms with Crippen LogP contribution in [0.3, 0.4) is 0 Å². The third kappa shape index (κ3) is 6.82. The molecule has 0 amide bonds. The van der Waals surface area contributed by atoms with Crippen LogP contribution in [0.1, 0.15) is 29.3 Å². The van der Waals surface area contributed by atoms with Crippen molar-refractivity contribution in [3.63, 3.8) is 0 Å². The molecule has 0 saturated heterocycles. The lowest BCUT2D eigenvalue weighted by molar-refractivity contribution is 0.409. The molecule has 0 aliphatic heterocycles. The van der Waals surface area contributed by atoms with Crippen molar-refractivity contribution in [2.24, 2.45) is 4.99 Å². The van der Waals surface area contributed by atoms with Crippen molar-refractivity contribution in [3.8, 4) is 5.75 Å². The van der Waals surface area contributed by atoms with Crippen molar-refractivity contribution in [2.45, 2.75) is 33.7 Å². The summed E-state index contributed by atoms with van der Waals surface area (Å²) < 4.78 is 5.44. The van der Waals surface area contributed by atoms with Crippen LogP contribution in [0, 0.1) is 13.8 Å². The number of ether oxygens (including phenoxy) is 1. The molecule has 0 radical (unpaired) electrons. The maximum atomic E-state index is 5.44. The van der Waals surface area contributed by atoms with E-state index in [2.05, 4.69) is 59.6 Å². The lowest BCUT2D eigenvalue weighted by atomic mass is 10.1. The molecule has 2 rings (SSSR count). The van der Waals surface area contributed by atoms with Gasteiger partial charge in [-0.05, 0) is 50.5 Å². The maximum absolute atomic E-state index is 5.44. The molecule has 5 nitrogen and oxygen atoms in total. The molecule has 1 heterocycles. The Morgan fingerprint density at radius 3 is 2.69 bits per heavy atom. The second-order valence-electron chi connectivity index (χ2n) is 5.95. The van der Waals surface area contributed by atoms with Gasteiger partial charge in [0, 0.05) is 19.3 Å². The van der Waals surface area contributed by atoms with E-state index in [1.54, 1.807) is 7.11 Å². The van der Waals surface area contributed by atoms with E-state index < -0.39 is 0 Å². The molecule has 2 N–H and O–H groups in total. The van der Waals surface area contributed by atoms with Crippen LogP contribution in [0.2, 0.25) is 0 Å². The lowest BCUT2D eigenvalue weighted by Gasteiger charge is -2.13. The van der Waals surface area contributed by atoms with Gasteiger partial charge in [0.25, 0.3) is 0 Å². The van der Waals surface area contributed by atoms with Gasteiger partial charge in [-0.3, -0.25) is 4.98 Å². The van der Waals surface area contributed by atoms with E-state index in [4.69, 9.17) is 4.74 Å². The minimum Gasteiger partial charge on any atom is -0.496 e. The zero-order valence-corrected chi connectivity index (χ0v) is 18.3. The van der Waals surface area contributed by atoms with E-state index in [1.807, 2.05) is 18.3 Å². The van der Waals surface area contributed by atoms with Crippen molar-refractivity contribution < 1.29 is 4.74 Å². The second-order valence-corrected chi connectivity index (χ2v) is 5.95. The topological polar surface area (TPSA) is 58.5 Å². The Labute approximate surface area is 173 Å². The Morgan fingerprint density at radius 2 is 2.00 bits per heavy atom. The number of hydrogen-bond acceptors (Lipinski definition) is 3. The Morgan fingerprint density at radius 1 is 1.19 bits per heavy atom. The van der Waals surface area contributed by atoms with E-state index in [1.165, 1.54) is 11.1 Å². The van der Waals surface area contributed by atoms with Gasteiger partial charge in [-0.1, -0.05) is 23.8 Å². The molecule has 1 aromatic heterocycles. The zero-order valence-electron chi connectivity index (χ0n) is 16.0. The summed E-state index contributed by atoms with van der Waals surface area (Å²) in [7, 11) is 1.71. The molecule has 0 aliphatic carbocycles. The molecule has 142 valence electrons. The van der Waals surface area contributed by atoms with E-state index in [0.717, 1.165) is 42.5 Å². The summed E-state index contributed by atoms with van der Waals surface area (Å²) in [5.41, 5.74) is 4.60. The quantitative estimate of drug-likeness (QED) is 0.370. The summed E-state index contributed by atoms with van der Waals surface area (Å²) in [6.07, 6.45) is 2.68. The molecule has 1 aromatic carbocycles. The fraction of sp³-hybridized carbons (Fsp3) is 0.400. The fourth-order valence-corrected chi connectivity index (χ4v) is 2.60. The first kappa shape index (κ1) is 22.2. The van der Waals surface area contributed by atoms with Crippen LogP contribution in [0.5, 0.6) is 5.75 Å². The minimum absolute atomic E-state index is 0. The predicted octanol–water partition coefficient (Wildman–Crippen LogP) is 3.62. The summed E-state index contributed by atoms with van der Waals surface area (Å²) in [5.74, 6) is 1.73. The van der Waals surface area contributed by atoms with Gasteiger partial charge in [-0.2, -0.15) is 0 Å². The fourth-order valence-electron chi connectivity index (χ4n) is 2.60. The predicted molar refractivity (Wildman–Crippen MR) is 119 cm³/mol. The molecule has 2 aromatic rings. The number of nitrogens with zero attached hydrogens (tertiary/aromatic N) is 2. The molecule has 6 heteroatoms. The van der Waals surface area contributed by atoms with E-state index in [-0.39, 0.29) is 24.0 Å². The second kappa shape index (κ2) is 11.7. The standard InChI is InChI=1S/C20H28N4O.HI/c1-5-21-20(24-14-18-16(3)7-6-11-22-18)23-12-10-17-13-15(2)8-9-19(17)25-4;/h6-9,11,13H,5,10,12,14H2,1-4H3,(H2,21,23,24);1H. The molecule has 0 bridgehead atoms. The first-order valence-electron chi connectivity index (χ1n) is 8.70. The number of guanidine groups is 1. The summed E-state index contributed by atoms with van der Waals surface area (Å²) in [6.45, 7) is 8.38. The molecular weight excluding hydrogens is 439 g/mol. The lowest BCUT2D eigenvalue weighted by Crippen LogP contribution is -2.38. The van der Waals surface area contributed by atoms with Gasteiger partial charge in [0.1, 0.15) is 5.75 Å². The van der Waals surface area contributed by atoms with Gasteiger partial charge in [0.15, 0.2) is 5.96 Å². The average Bonchev–Trinajstić information content (AvgIpc) is 2.61. The summed E-state index contributed by atoms with van der Waals surface area (Å²) in [6, 6.07) is 10.3. The van der Waals surface area contributed by atoms with Gasteiger partial charge in [-0.15, -0.1) is 24.0 Å². The Bertz CT molecular complexity index is 719. The van der Waals surface area contributed by atoms with E-state index in [9.17, 15) is 0 Å². The molecule has 0 unspecified atom stereocenters. The van der Waals surface area contributed by atoms with E-state index in [0.29, 0.717) is 6.54 Å². The summed E-state index contributed by atoms with van der Waals surface area (Å²) in [4.78, 5) is 9.03. The van der Waals surface area contributed by atoms with Gasteiger partial charge in [0.05, 0.1) is 19.3 Å². The van der Waals surface area contributed by atoms with Crippen LogP contribution in [-0.4, -0.2) is 31.1 Å². The van der Waals surface area contributed by atoms with Crippen molar-refractivity contribution >= 4 is 29.9 Å². The van der Waals surface area contributed by atoms with Crippen LogP contribution >= 0.6 is 24.0 Å². The van der Waals surface area contributed by atoms with Gasteiger partial charge in [-0.25, -0.2) is 4.99 Å². The summed E-state index contributed by atoms with van der Waals surface area (Å²) >= 11 is 0. The minimum atomic E-state index is 0. The largest absolute Gasteiger partial charge is 0.496 e. The number of halogens is 1. The normalized spacial score (nSPS) is 10.8. The molecule has 0 fully saturated rings. The first-order valence-corrected chi connectivity index (χ1v) is 8.70. The highest BCUT2D eigenvalue weighted by Crippen LogP contribution is 2.19. The van der Waals surface area contributed by atoms with Gasteiger partial charge < -0.3 is 15.4 Å². The van der Waals surface area contributed by atoms with Crippen LogP contribution in [0.4, 0.5) is 0 Å². The van der Waals surface area contributed by atoms with Crippen molar-refractivity contribution in [3.05, 3.63) is 58.9 Å². The molecule has 26 heavy (non-hydrogen) atoms. The molecule has 0 atom stereocenters. The van der Waals surface area contributed by atoms with Gasteiger partial charge >= 0.3 is 0 Å². The van der Waals surface area contributed by atoms with Crippen molar-refractivity contribution in [1.29, 1.82) is 0 Å². The average molecular weight is 468 g/mol. The molecule has 0 saturated carbocycles. The highest BCUT2D eigenvalue weighted by Gasteiger charge is 2.05. The van der Waals surface area contributed by atoms with Crippen molar-refractivity contribution in [2.75, 3.05) is 20.2 Å². The van der Waals surface area contributed by atoms with Crippen LogP contribution in [-0.2, 0) is 13.0 Å². The van der Waals surface area contributed by atoms with Gasteiger partial charge in [0.2, 0.25) is 0 Å². The molecule has 0 spiro atoms. The van der Waals surface area contributed by atoms with E-state index >= 15 is 0 Å². The first-order chi connectivity index (χ1) is 12.1. The van der Waals surface area contributed by atoms with Crippen LogP contribution in [0.25, 0.3) is 0 Å². The SMILES string of the molecule is CCNC(=NCc1ncccc1C)NCCc1cc(C)ccc1OC.I. The number of aliphatic imine (C=N–C) groups is 1. The Kier molecular flexibility index (Phi) is 10.0. The zero-order chi connectivity index (χ0) is 18.1. The monoisotopic (exact) mass is 468 g/mol. The number of rotatable bonds is 7. The highest BCUT2D eigenvalue weighted by atomic mass is 127. The number of aromatic nitrogens is 1. The van der Waals surface area contributed by atoms with Crippen molar-refractivity contribution in [1.82, 2.24) is 15.6 Å². The Balaban J connectivity index is 0.00000338. The third-order valence-electron chi connectivity index (χ3n) is 3.97. The molecular formula is C20H29IN4O. The molecule has 0 aliphatic rings.